The van der Waals surface area contributed by atoms with Crippen molar-refractivity contribution >= 4 is 11.7 Å². The molecule has 5 heteroatoms. The summed E-state index contributed by atoms with van der Waals surface area (Å²) in [5, 5.41) is 7.71. The smallest absolute Gasteiger partial charge is 0.245 e. The third kappa shape index (κ3) is 3.56. The van der Waals surface area contributed by atoms with Crippen LogP contribution in [0.15, 0.2) is 12.3 Å². The number of aryl methyl sites for hydroxylation is 1. The molecule has 0 aromatic carbocycles. The molecule has 1 aliphatic heterocycles. The third-order valence-corrected chi connectivity index (χ3v) is 3.53. The Balaban J connectivity index is 1.94. The Morgan fingerprint density at radius 1 is 1.53 bits per heavy atom. The molecule has 5 nitrogen and oxygen atoms in total. The number of nitrogens with one attached hydrogen (secondary N) is 1. The highest BCUT2D eigenvalue weighted by Gasteiger charge is 2.30. The summed E-state index contributed by atoms with van der Waals surface area (Å²) in [7, 11) is 1.87. The van der Waals surface area contributed by atoms with Gasteiger partial charge in [0.25, 0.3) is 0 Å². The highest BCUT2D eigenvalue weighted by Crippen LogP contribution is 2.19. The fourth-order valence-electron chi connectivity index (χ4n) is 2.39. The van der Waals surface area contributed by atoms with Gasteiger partial charge in [0.05, 0.1) is 6.04 Å². The highest BCUT2D eigenvalue weighted by atomic mass is 16.2. The fourth-order valence-corrected chi connectivity index (χ4v) is 2.39. The first-order chi connectivity index (χ1) is 9.08. The van der Waals surface area contributed by atoms with E-state index in [-0.39, 0.29) is 11.9 Å². The van der Waals surface area contributed by atoms with Crippen molar-refractivity contribution < 1.29 is 4.79 Å². The molecule has 1 amide bonds. The van der Waals surface area contributed by atoms with Crippen molar-refractivity contribution in [2.45, 2.75) is 39.2 Å². The molecule has 1 aromatic heterocycles. The number of hydrogen-bond donors (Lipinski definition) is 1. The van der Waals surface area contributed by atoms with Gasteiger partial charge in [0, 0.05) is 25.9 Å². The van der Waals surface area contributed by atoms with E-state index in [2.05, 4.69) is 24.3 Å². The lowest BCUT2D eigenvalue weighted by Gasteiger charge is -2.31. The van der Waals surface area contributed by atoms with Crippen LogP contribution in [-0.2, 0) is 11.8 Å². The van der Waals surface area contributed by atoms with E-state index in [0.29, 0.717) is 5.92 Å². The van der Waals surface area contributed by atoms with Crippen LogP contribution in [-0.4, -0.2) is 34.8 Å². The molecule has 1 aliphatic rings. The van der Waals surface area contributed by atoms with Gasteiger partial charge in [0.1, 0.15) is 0 Å². The van der Waals surface area contributed by atoms with Gasteiger partial charge in [-0.05, 0) is 31.7 Å². The number of piperidine rings is 1. The van der Waals surface area contributed by atoms with Crippen molar-refractivity contribution in [2.24, 2.45) is 13.0 Å². The average molecular weight is 264 g/mol. The van der Waals surface area contributed by atoms with Gasteiger partial charge in [-0.1, -0.05) is 13.8 Å². The molecule has 1 atom stereocenters. The SMILES string of the molecule is CC(C)CCNC1CCCN(c2ccn(C)n2)C1=O. The summed E-state index contributed by atoms with van der Waals surface area (Å²) >= 11 is 0. The van der Waals surface area contributed by atoms with Gasteiger partial charge in [-0.25, -0.2) is 0 Å². The zero-order chi connectivity index (χ0) is 13.8. The van der Waals surface area contributed by atoms with Crippen molar-refractivity contribution in [1.82, 2.24) is 15.1 Å². The van der Waals surface area contributed by atoms with Crippen molar-refractivity contribution in [3.05, 3.63) is 12.3 Å². The molecule has 0 spiro atoms. The third-order valence-electron chi connectivity index (χ3n) is 3.53. The number of carbonyl (C=O) groups is 1. The molecule has 1 N–H and O–H groups in total. The Morgan fingerprint density at radius 3 is 2.95 bits per heavy atom. The summed E-state index contributed by atoms with van der Waals surface area (Å²) in [5.74, 6) is 1.59. The van der Waals surface area contributed by atoms with Crippen LogP contribution in [0, 0.1) is 5.92 Å². The summed E-state index contributed by atoms with van der Waals surface area (Å²) in [6.07, 6.45) is 4.94. The molecule has 2 heterocycles. The van der Waals surface area contributed by atoms with Crippen LogP contribution in [0.4, 0.5) is 5.82 Å². The lowest BCUT2D eigenvalue weighted by atomic mass is 10.0. The number of hydrogen-bond acceptors (Lipinski definition) is 3. The van der Waals surface area contributed by atoms with Gasteiger partial charge in [0.2, 0.25) is 5.91 Å². The lowest BCUT2D eigenvalue weighted by Crippen LogP contribution is -2.51. The van der Waals surface area contributed by atoms with Gasteiger partial charge in [-0.2, -0.15) is 5.10 Å². The summed E-state index contributed by atoms with van der Waals surface area (Å²) in [4.78, 5) is 14.2. The summed E-state index contributed by atoms with van der Waals surface area (Å²) in [6, 6.07) is 1.85. The van der Waals surface area contributed by atoms with Crippen molar-refractivity contribution in [3.8, 4) is 0 Å². The molecular formula is C14H24N4O. The average Bonchev–Trinajstić information content (AvgIpc) is 2.77. The number of nitrogens with zero attached hydrogens (tertiary/aromatic N) is 3. The predicted molar refractivity (Wildman–Crippen MR) is 76.0 cm³/mol. The van der Waals surface area contributed by atoms with E-state index >= 15 is 0 Å². The second-order valence-corrected chi connectivity index (χ2v) is 5.67. The summed E-state index contributed by atoms with van der Waals surface area (Å²) in [6.45, 7) is 6.08. The second kappa shape index (κ2) is 6.19. The Labute approximate surface area is 115 Å². The first-order valence-electron chi connectivity index (χ1n) is 7.12. The molecule has 1 unspecified atom stereocenters. The van der Waals surface area contributed by atoms with Crippen molar-refractivity contribution in [3.63, 3.8) is 0 Å². The Morgan fingerprint density at radius 2 is 2.32 bits per heavy atom. The topological polar surface area (TPSA) is 50.2 Å². The Kier molecular flexibility index (Phi) is 4.58. The largest absolute Gasteiger partial charge is 0.306 e. The van der Waals surface area contributed by atoms with E-state index in [1.807, 2.05) is 19.3 Å². The lowest BCUT2D eigenvalue weighted by molar-refractivity contribution is -0.121. The molecule has 0 saturated carbocycles. The molecule has 0 radical (unpaired) electrons. The van der Waals surface area contributed by atoms with E-state index in [0.717, 1.165) is 38.2 Å². The van der Waals surface area contributed by atoms with Crippen LogP contribution in [0.2, 0.25) is 0 Å². The number of carbonyl (C=O) groups excluding carboxylic acids is 1. The van der Waals surface area contributed by atoms with Crippen LogP contribution >= 0.6 is 0 Å². The number of anilines is 1. The Hall–Kier alpha value is -1.36. The first kappa shape index (κ1) is 14.1. The van der Waals surface area contributed by atoms with Crippen LogP contribution < -0.4 is 10.2 Å². The molecule has 1 saturated heterocycles. The van der Waals surface area contributed by atoms with E-state index < -0.39 is 0 Å². The van der Waals surface area contributed by atoms with Crippen LogP contribution in [0.25, 0.3) is 0 Å². The monoisotopic (exact) mass is 264 g/mol. The Bertz CT molecular complexity index is 427. The maximum atomic E-state index is 12.4. The first-order valence-corrected chi connectivity index (χ1v) is 7.12. The van der Waals surface area contributed by atoms with Crippen molar-refractivity contribution in [2.75, 3.05) is 18.0 Å². The van der Waals surface area contributed by atoms with E-state index in [1.54, 1.807) is 9.58 Å². The van der Waals surface area contributed by atoms with Gasteiger partial charge in [-0.15, -0.1) is 0 Å². The van der Waals surface area contributed by atoms with Gasteiger partial charge in [-0.3, -0.25) is 14.4 Å². The fraction of sp³-hybridized carbons (Fsp3) is 0.714. The molecule has 19 heavy (non-hydrogen) atoms. The molecule has 106 valence electrons. The predicted octanol–water partition coefficient (Wildman–Crippen LogP) is 1.55. The molecular weight excluding hydrogens is 240 g/mol. The van der Waals surface area contributed by atoms with E-state index in [1.165, 1.54) is 0 Å². The summed E-state index contributed by atoms with van der Waals surface area (Å²) < 4.78 is 1.73. The number of rotatable bonds is 5. The van der Waals surface area contributed by atoms with Gasteiger partial charge >= 0.3 is 0 Å². The maximum Gasteiger partial charge on any atom is 0.245 e. The van der Waals surface area contributed by atoms with Crippen molar-refractivity contribution in [1.29, 1.82) is 0 Å². The van der Waals surface area contributed by atoms with E-state index in [4.69, 9.17) is 0 Å². The van der Waals surface area contributed by atoms with Gasteiger partial charge < -0.3 is 5.32 Å². The zero-order valence-corrected chi connectivity index (χ0v) is 12.1. The maximum absolute atomic E-state index is 12.4. The minimum absolute atomic E-state index is 0.0468. The minimum Gasteiger partial charge on any atom is -0.306 e. The molecule has 1 aromatic rings. The minimum atomic E-state index is -0.0468. The van der Waals surface area contributed by atoms with E-state index in [9.17, 15) is 4.79 Å². The normalized spacial score (nSPS) is 20.3. The van der Waals surface area contributed by atoms with Gasteiger partial charge in [0.15, 0.2) is 5.82 Å². The molecule has 0 bridgehead atoms. The molecule has 0 aliphatic carbocycles. The number of amides is 1. The standard InChI is InChI=1S/C14H24N4O/c1-11(2)6-8-15-12-5-4-9-18(14(12)19)13-7-10-17(3)16-13/h7,10-12,15H,4-6,8-9H2,1-3H3. The second-order valence-electron chi connectivity index (χ2n) is 5.67. The van der Waals surface area contributed by atoms with Crippen LogP contribution in [0.3, 0.4) is 0 Å². The zero-order valence-electron chi connectivity index (χ0n) is 12.1. The highest BCUT2D eigenvalue weighted by molar-refractivity contribution is 5.97. The quantitative estimate of drug-likeness (QED) is 0.878. The van der Waals surface area contributed by atoms with Crippen LogP contribution in [0.1, 0.15) is 33.1 Å². The number of aromatic nitrogens is 2. The van der Waals surface area contributed by atoms with Crippen LogP contribution in [0.5, 0.6) is 0 Å². The summed E-state index contributed by atoms with van der Waals surface area (Å²) in [5.41, 5.74) is 0. The molecule has 1 fully saturated rings. The molecule has 2 rings (SSSR count).